The monoisotopic (exact) mass is 582 g/mol. The molecular weight excluding hydrogens is 555 g/mol. The van der Waals surface area contributed by atoms with E-state index in [1.807, 2.05) is 45.9 Å². The summed E-state index contributed by atoms with van der Waals surface area (Å²) in [5.74, 6) is 0. The molecule has 6 nitrogen and oxygen atoms in total. The van der Waals surface area contributed by atoms with Crippen LogP contribution in [0.25, 0.3) is 10.9 Å². The number of carbonyl (C=O) groups excluding carboxylic acids is 1. The SMILES string of the molecule is Cc1ccc(S(=O)(=O)N2C[C@]3(CCc4c3n(C(=O)OC(C)(C)C)c3ccc(Cl)cc43)c3cc(Cl)ccc32)cc1. The van der Waals surface area contributed by atoms with Crippen LogP contribution in [0, 0.1) is 6.92 Å². The predicted molar refractivity (Wildman–Crippen MR) is 155 cm³/mol. The zero-order valence-electron chi connectivity index (χ0n) is 22.1. The summed E-state index contributed by atoms with van der Waals surface area (Å²) in [4.78, 5) is 14.0. The fraction of sp³-hybridized carbons (Fsp3) is 0.300. The van der Waals surface area contributed by atoms with Crippen molar-refractivity contribution in [2.45, 2.75) is 56.4 Å². The van der Waals surface area contributed by atoms with Gasteiger partial charge in [0.2, 0.25) is 0 Å². The smallest absolute Gasteiger partial charge is 0.419 e. The average molecular weight is 584 g/mol. The number of ether oxygens (including phenoxy) is 1. The molecule has 3 aromatic carbocycles. The average Bonchev–Trinajstić information content (AvgIpc) is 3.49. The molecule has 2 heterocycles. The Morgan fingerprint density at radius 2 is 1.64 bits per heavy atom. The van der Waals surface area contributed by atoms with Gasteiger partial charge in [-0.05, 0) is 100 Å². The van der Waals surface area contributed by atoms with Crippen molar-refractivity contribution in [2.75, 3.05) is 10.8 Å². The zero-order chi connectivity index (χ0) is 27.9. The number of carbonyl (C=O) groups is 1. The molecular formula is C30H28Cl2N2O4S. The number of anilines is 1. The van der Waals surface area contributed by atoms with Crippen LogP contribution in [0.1, 0.15) is 49.6 Å². The second kappa shape index (κ2) is 8.75. The first kappa shape index (κ1) is 26.2. The van der Waals surface area contributed by atoms with Crippen molar-refractivity contribution in [3.63, 3.8) is 0 Å². The van der Waals surface area contributed by atoms with E-state index in [9.17, 15) is 13.2 Å². The standard InChI is InChI=1S/C30H28Cl2N2O4S/c1-18-5-9-21(10-6-18)39(36,37)33-17-30(24-16-20(32)8-12-26(24)33)14-13-22-23-15-19(31)7-11-25(23)34(27(22)30)28(35)38-29(2,3)4/h5-12,15-16H,13-14,17H2,1-4H3/t30-/m1/s1. The molecule has 0 bridgehead atoms. The van der Waals surface area contributed by atoms with Gasteiger partial charge in [0.15, 0.2) is 0 Å². The molecule has 1 atom stereocenters. The normalized spacial score (nSPS) is 18.6. The molecule has 0 saturated carbocycles. The Bertz CT molecular complexity index is 1770. The Balaban J connectivity index is 1.61. The van der Waals surface area contributed by atoms with Crippen LogP contribution in [0.4, 0.5) is 10.5 Å². The van der Waals surface area contributed by atoms with E-state index in [-0.39, 0.29) is 11.4 Å². The number of aromatic nitrogens is 1. The van der Waals surface area contributed by atoms with Crippen molar-refractivity contribution in [2.24, 2.45) is 0 Å². The van der Waals surface area contributed by atoms with Gasteiger partial charge < -0.3 is 4.74 Å². The number of aryl methyl sites for hydroxylation is 2. The van der Waals surface area contributed by atoms with Crippen LogP contribution in [0.2, 0.25) is 10.0 Å². The van der Waals surface area contributed by atoms with Crippen molar-refractivity contribution in [3.05, 3.63) is 93.1 Å². The van der Waals surface area contributed by atoms with Gasteiger partial charge >= 0.3 is 6.09 Å². The Morgan fingerprint density at radius 3 is 2.33 bits per heavy atom. The molecule has 1 aliphatic carbocycles. The van der Waals surface area contributed by atoms with Gasteiger partial charge in [0.1, 0.15) is 5.60 Å². The molecule has 39 heavy (non-hydrogen) atoms. The van der Waals surface area contributed by atoms with Crippen LogP contribution in [-0.2, 0) is 26.6 Å². The minimum Gasteiger partial charge on any atom is -0.443 e. The largest absolute Gasteiger partial charge is 0.443 e. The fourth-order valence-corrected chi connectivity index (χ4v) is 7.92. The van der Waals surface area contributed by atoms with E-state index < -0.39 is 27.1 Å². The van der Waals surface area contributed by atoms with Gasteiger partial charge in [0, 0.05) is 27.7 Å². The first-order valence-electron chi connectivity index (χ1n) is 12.8. The van der Waals surface area contributed by atoms with Crippen LogP contribution < -0.4 is 4.31 Å². The van der Waals surface area contributed by atoms with Crippen molar-refractivity contribution in [1.29, 1.82) is 0 Å². The summed E-state index contributed by atoms with van der Waals surface area (Å²) >= 11 is 12.9. The molecule has 0 amide bonds. The maximum Gasteiger partial charge on any atom is 0.419 e. The molecule has 4 aromatic rings. The summed E-state index contributed by atoms with van der Waals surface area (Å²) in [6.07, 6.45) is 0.739. The number of halogens is 2. The highest BCUT2D eigenvalue weighted by Gasteiger charge is 2.54. The molecule has 1 aromatic heterocycles. The molecule has 1 aliphatic heterocycles. The van der Waals surface area contributed by atoms with Gasteiger partial charge in [-0.1, -0.05) is 40.9 Å². The molecule has 6 rings (SSSR count). The number of rotatable bonds is 2. The second-order valence-corrected chi connectivity index (χ2v) is 14.1. The summed E-state index contributed by atoms with van der Waals surface area (Å²) in [6, 6.07) is 17.6. The first-order valence-corrected chi connectivity index (χ1v) is 15.0. The van der Waals surface area contributed by atoms with Crippen LogP contribution in [-0.4, -0.2) is 31.2 Å². The third-order valence-corrected chi connectivity index (χ3v) is 9.87. The maximum atomic E-state index is 14.0. The molecule has 2 aliphatic rings. The molecule has 9 heteroatoms. The van der Waals surface area contributed by atoms with Gasteiger partial charge in [0.25, 0.3) is 10.0 Å². The highest BCUT2D eigenvalue weighted by Crippen LogP contribution is 2.56. The number of hydrogen-bond acceptors (Lipinski definition) is 4. The Morgan fingerprint density at radius 1 is 0.974 bits per heavy atom. The van der Waals surface area contributed by atoms with Gasteiger partial charge in [-0.3, -0.25) is 4.31 Å². The van der Waals surface area contributed by atoms with E-state index in [1.165, 1.54) is 4.31 Å². The molecule has 0 saturated heterocycles. The van der Waals surface area contributed by atoms with E-state index in [0.717, 1.165) is 27.8 Å². The molecule has 0 radical (unpaired) electrons. The molecule has 1 spiro atoms. The van der Waals surface area contributed by atoms with E-state index in [4.69, 9.17) is 27.9 Å². The van der Waals surface area contributed by atoms with Crippen molar-refractivity contribution in [1.82, 2.24) is 4.57 Å². The third kappa shape index (κ3) is 4.05. The van der Waals surface area contributed by atoms with Gasteiger partial charge in [0.05, 0.1) is 21.5 Å². The minimum atomic E-state index is -3.90. The van der Waals surface area contributed by atoms with E-state index in [0.29, 0.717) is 34.1 Å². The summed E-state index contributed by atoms with van der Waals surface area (Å²) in [6.45, 7) is 7.52. The summed E-state index contributed by atoms with van der Waals surface area (Å²) in [5, 5.41) is 1.92. The van der Waals surface area contributed by atoms with Gasteiger partial charge in [-0.25, -0.2) is 17.8 Å². The van der Waals surface area contributed by atoms with Crippen LogP contribution in [0.5, 0.6) is 0 Å². The number of benzene rings is 3. The summed E-state index contributed by atoms with van der Waals surface area (Å²) < 4.78 is 37.0. The number of hydrogen-bond donors (Lipinski definition) is 0. The van der Waals surface area contributed by atoms with Crippen LogP contribution in [0.15, 0.2) is 65.6 Å². The lowest BCUT2D eigenvalue weighted by atomic mass is 9.80. The minimum absolute atomic E-state index is 0.138. The lowest BCUT2D eigenvalue weighted by Crippen LogP contribution is -2.39. The van der Waals surface area contributed by atoms with Crippen LogP contribution >= 0.6 is 23.2 Å². The quantitative estimate of drug-likeness (QED) is 0.245. The Labute approximate surface area is 238 Å². The number of nitrogens with zero attached hydrogens (tertiary/aromatic N) is 2. The molecule has 0 unspecified atom stereocenters. The first-order chi connectivity index (χ1) is 18.3. The van der Waals surface area contributed by atoms with Crippen molar-refractivity contribution >= 4 is 55.9 Å². The van der Waals surface area contributed by atoms with Gasteiger partial charge in [-0.2, -0.15) is 0 Å². The number of fused-ring (bicyclic) bond motifs is 6. The molecule has 0 fully saturated rings. The fourth-order valence-electron chi connectivity index (χ4n) is 6.03. The van der Waals surface area contributed by atoms with Crippen molar-refractivity contribution in [3.8, 4) is 0 Å². The zero-order valence-corrected chi connectivity index (χ0v) is 24.4. The topological polar surface area (TPSA) is 68.6 Å². The Hall–Kier alpha value is -3.00. The summed E-state index contributed by atoms with van der Waals surface area (Å²) in [7, 11) is -3.90. The number of sulfonamides is 1. The van der Waals surface area contributed by atoms with E-state index in [2.05, 4.69) is 0 Å². The van der Waals surface area contributed by atoms with E-state index >= 15 is 0 Å². The Kier molecular flexibility index (Phi) is 5.89. The van der Waals surface area contributed by atoms with E-state index in [1.54, 1.807) is 47.0 Å². The lowest BCUT2D eigenvalue weighted by Gasteiger charge is -2.29. The predicted octanol–water partition coefficient (Wildman–Crippen LogP) is 7.48. The summed E-state index contributed by atoms with van der Waals surface area (Å²) in [5.41, 5.74) is 3.17. The second-order valence-electron chi connectivity index (χ2n) is 11.4. The molecule has 202 valence electrons. The third-order valence-electron chi connectivity index (χ3n) is 7.63. The highest BCUT2D eigenvalue weighted by atomic mass is 35.5. The van der Waals surface area contributed by atoms with Crippen molar-refractivity contribution < 1.29 is 17.9 Å². The highest BCUT2D eigenvalue weighted by molar-refractivity contribution is 7.92. The van der Waals surface area contributed by atoms with Gasteiger partial charge in [-0.15, -0.1) is 0 Å². The van der Waals surface area contributed by atoms with Crippen LogP contribution in [0.3, 0.4) is 0 Å². The lowest BCUT2D eigenvalue weighted by molar-refractivity contribution is 0.0536. The molecule has 0 N–H and O–H groups in total. The maximum absolute atomic E-state index is 14.0.